The lowest BCUT2D eigenvalue weighted by molar-refractivity contribution is -0.126. The Morgan fingerprint density at radius 2 is 2.14 bits per heavy atom. The molecule has 3 amide bonds. The summed E-state index contributed by atoms with van der Waals surface area (Å²) in [7, 11) is 0. The van der Waals surface area contributed by atoms with Crippen LogP contribution in [0.15, 0.2) is 24.3 Å². The molecule has 29 heavy (non-hydrogen) atoms. The largest absolute Gasteiger partial charge is 0.348 e. The molecule has 1 aromatic heterocycles. The molecule has 3 N–H and O–H groups in total. The number of aryl methyl sites for hydroxylation is 1. The summed E-state index contributed by atoms with van der Waals surface area (Å²) in [6.07, 6.45) is 3.78. The first-order chi connectivity index (χ1) is 14.0. The van der Waals surface area contributed by atoms with Crippen LogP contribution in [0.2, 0.25) is 0 Å². The maximum Gasteiger partial charge on any atom is 0.321 e. The third-order valence-electron chi connectivity index (χ3n) is 5.46. The zero-order valence-electron chi connectivity index (χ0n) is 16.5. The summed E-state index contributed by atoms with van der Waals surface area (Å²) in [5, 5.41) is 13.0. The number of urea groups is 1. The summed E-state index contributed by atoms with van der Waals surface area (Å²) < 4.78 is 2.60. The first kappa shape index (κ1) is 19.6. The molecule has 1 unspecified atom stereocenters. The molecule has 2 aliphatic rings. The van der Waals surface area contributed by atoms with Crippen molar-refractivity contribution in [3.63, 3.8) is 0 Å². The number of hydrogen-bond donors (Lipinski definition) is 3. The van der Waals surface area contributed by atoms with E-state index in [0.29, 0.717) is 30.4 Å². The predicted octanol–water partition coefficient (Wildman–Crippen LogP) is 3.14. The minimum absolute atomic E-state index is 0.0469. The fourth-order valence-corrected chi connectivity index (χ4v) is 4.08. The Kier molecular flexibility index (Phi) is 5.66. The second-order valence-corrected chi connectivity index (χ2v) is 8.24. The van der Waals surface area contributed by atoms with Crippen LogP contribution in [-0.2, 0) is 11.3 Å². The van der Waals surface area contributed by atoms with Gasteiger partial charge in [0.2, 0.25) is 5.91 Å². The van der Waals surface area contributed by atoms with Crippen LogP contribution in [0.4, 0.5) is 10.5 Å². The number of nitrogens with one attached hydrogen (secondary N) is 3. The van der Waals surface area contributed by atoms with Crippen molar-refractivity contribution < 1.29 is 9.59 Å². The fourth-order valence-electron chi connectivity index (χ4n) is 3.78. The van der Waals surface area contributed by atoms with Crippen LogP contribution in [0, 0.1) is 17.6 Å². The highest BCUT2D eigenvalue weighted by molar-refractivity contribution is 7.71. The molecule has 9 heteroatoms. The van der Waals surface area contributed by atoms with Crippen molar-refractivity contribution in [3.05, 3.63) is 40.4 Å². The summed E-state index contributed by atoms with van der Waals surface area (Å²) >= 11 is 5.28. The van der Waals surface area contributed by atoms with Gasteiger partial charge in [-0.3, -0.25) is 14.5 Å². The number of aromatic nitrogens is 3. The van der Waals surface area contributed by atoms with Crippen molar-refractivity contribution in [2.24, 2.45) is 5.92 Å². The quantitative estimate of drug-likeness (QED) is 0.655. The van der Waals surface area contributed by atoms with Crippen LogP contribution >= 0.6 is 12.2 Å². The van der Waals surface area contributed by atoms with E-state index in [9.17, 15) is 9.59 Å². The van der Waals surface area contributed by atoms with Gasteiger partial charge >= 0.3 is 6.03 Å². The van der Waals surface area contributed by atoms with E-state index in [2.05, 4.69) is 20.8 Å². The lowest BCUT2D eigenvalue weighted by Gasteiger charge is -2.32. The lowest BCUT2D eigenvalue weighted by atomic mass is 9.97. The number of carbonyl (C=O) groups is 2. The molecule has 1 saturated heterocycles. The zero-order valence-corrected chi connectivity index (χ0v) is 17.3. The molecule has 4 rings (SSSR count). The van der Waals surface area contributed by atoms with Crippen molar-refractivity contribution in [1.29, 1.82) is 0 Å². The summed E-state index contributed by atoms with van der Waals surface area (Å²) in [5.41, 5.74) is 1.85. The van der Waals surface area contributed by atoms with Crippen molar-refractivity contribution in [1.82, 2.24) is 25.0 Å². The number of nitrogens with zero attached hydrogens (tertiary/aromatic N) is 3. The summed E-state index contributed by atoms with van der Waals surface area (Å²) in [4.78, 5) is 27.0. The minimum Gasteiger partial charge on any atom is -0.348 e. The number of carbonyl (C=O) groups excluding carboxylic acids is 2. The van der Waals surface area contributed by atoms with Gasteiger partial charge < -0.3 is 15.5 Å². The van der Waals surface area contributed by atoms with E-state index in [1.807, 2.05) is 35.8 Å². The van der Waals surface area contributed by atoms with E-state index >= 15 is 0 Å². The van der Waals surface area contributed by atoms with E-state index in [0.717, 1.165) is 42.8 Å². The first-order valence-corrected chi connectivity index (χ1v) is 10.5. The summed E-state index contributed by atoms with van der Waals surface area (Å²) in [6.45, 7) is 3.40. The first-order valence-electron chi connectivity index (χ1n) is 10.1. The van der Waals surface area contributed by atoms with E-state index < -0.39 is 0 Å². The zero-order chi connectivity index (χ0) is 20.4. The molecule has 8 nitrogen and oxygen atoms in total. The molecule has 154 valence electrons. The van der Waals surface area contributed by atoms with Gasteiger partial charge in [-0.2, -0.15) is 5.10 Å². The Hall–Kier alpha value is -2.68. The molecule has 1 aliphatic heterocycles. The Bertz CT molecular complexity index is 964. The van der Waals surface area contributed by atoms with Crippen LogP contribution < -0.4 is 10.6 Å². The maximum absolute atomic E-state index is 12.7. The molecular weight excluding hydrogens is 388 g/mol. The predicted molar refractivity (Wildman–Crippen MR) is 112 cm³/mol. The second kappa shape index (κ2) is 8.36. The van der Waals surface area contributed by atoms with Gasteiger partial charge in [0.25, 0.3) is 0 Å². The molecule has 1 aliphatic carbocycles. The Labute approximate surface area is 174 Å². The van der Waals surface area contributed by atoms with Crippen LogP contribution in [-0.4, -0.2) is 44.7 Å². The number of H-pyrrole nitrogens is 1. The normalized spacial score (nSPS) is 19.1. The average molecular weight is 415 g/mol. The summed E-state index contributed by atoms with van der Waals surface area (Å²) in [6, 6.07) is 7.93. The van der Waals surface area contributed by atoms with Crippen molar-refractivity contribution in [2.45, 2.75) is 45.2 Å². The monoisotopic (exact) mass is 414 g/mol. The van der Waals surface area contributed by atoms with Gasteiger partial charge in [0, 0.05) is 24.8 Å². The van der Waals surface area contributed by atoms with Crippen LogP contribution in [0.5, 0.6) is 0 Å². The molecule has 1 saturated carbocycles. The van der Waals surface area contributed by atoms with Gasteiger partial charge in [0.15, 0.2) is 10.6 Å². The Balaban J connectivity index is 1.32. The van der Waals surface area contributed by atoms with Gasteiger partial charge in [0.05, 0.1) is 12.5 Å². The average Bonchev–Trinajstić information content (AvgIpc) is 3.48. The molecule has 2 heterocycles. The molecular formula is C20H26N6O2S. The fraction of sp³-hybridized carbons (Fsp3) is 0.500. The standard InChI is InChI=1S/C20H26N6O2S/c1-13-4-2-6-15(10-13)22-19(28)25-9-3-5-14(12-25)18(27)21-11-17-23-24-20(29)26(17)16-7-8-16/h2,4,6,10,14,16H,3,5,7-9,11-12H2,1H3,(H,21,27)(H,22,28)(H,24,29). The summed E-state index contributed by atoms with van der Waals surface area (Å²) in [5.74, 6) is 0.494. The van der Waals surface area contributed by atoms with E-state index in [1.54, 1.807) is 4.90 Å². The molecule has 0 bridgehead atoms. The Morgan fingerprint density at radius 3 is 2.90 bits per heavy atom. The number of anilines is 1. The van der Waals surface area contributed by atoms with E-state index in [-0.39, 0.29) is 17.9 Å². The minimum atomic E-state index is -0.219. The molecule has 2 aromatic rings. The lowest BCUT2D eigenvalue weighted by Crippen LogP contribution is -2.46. The van der Waals surface area contributed by atoms with Crippen molar-refractivity contribution in [2.75, 3.05) is 18.4 Å². The molecule has 0 radical (unpaired) electrons. The van der Waals surface area contributed by atoms with Crippen LogP contribution in [0.3, 0.4) is 0 Å². The highest BCUT2D eigenvalue weighted by Crippen LogP contribution is 2.35. The highest BCUT2D eigenvalue weighted by Gasteiger charge is 2.30. The van der Waals surface area contributed by atoms with E-state index in [4.69, 9.17) is 12.2 Å². The van der Waals surface area contributed by atoms with E-state index in [1.165, 1.54) is 0 Å². The van der Waals surface area contributed by atoms with Gasteiger partial charge in [-0.25, -0.2) is 4.79 Å². The van der Waals surface area contributed by atoms with Gasteiger partial charge in [0.1, 0.15) is 0 Å². The van der Waals surface area contributed by atoms with Crippen molar-refractivity contribution in [3.8, 4) is 0 Å². The van der Waals surface area contributed by atoms with Crippen LogP contribution in [0.1, 0.15) is 43.1 Å². The Morgan fingerprint density at radius 1 is 1.31 bits per heavy atom. The number of rotatable bonds is 5. The molecule has 2 fully saturated rings. The number of amides is 3. The highest BCUT2D eigenvalue weighted by atomic mass is 32.1. The van der Waals surface area contributed by atoms with Crippen LogP contribution in [0.25, 0.3) is 0 Å². The third-order valence-corrected chi connectivity index (χ3v) is 5.75. The topological polar surface area (TPSA) is 95.1 Å². The molecule has 1 aromatic carbocycles. The number of piperidine rings is 1. The molecule has 1 atom stereocenters. The number of hydrogen-bond acceptors (Lipinski definition) is 4. The molecule has 0 spiro atoms. The number of benzene rings is 1. The van der Waals surface area contributed by atoms with Gasteiger partial charge in [-0.1, -0.05) is 12.1 Å². The van der Waals surface area contributed by atoms with Gasteiger partial charge in [-0.05, 0) is 62.5 Å². The van der Waals surface area contributed by atoms with Gasteiger partial charge in [-0.15, -0.1) is 0 Å². The number of aromatic amines is 1. The second-order valence-electron chi connectivity index (χ2n) is 7.85. The number of likely N-dealkylation sites (tertiary alicyclic amines) is 1. The SMILES string of the molecule is Cc1cccc(NC(=O)N2CCCC(C(=O)NCc3n[nH]c(=S)n3C3CC3)C2)c1. The smallest absolute Gasteiger partial charge is 0.321 e. The maximum atomic E-state index is 12.7. The van der Waals surface area contributed by atoms with Crippen molar-refractivity contribution >= 4 is 29.8 Å². The third kappa shape index (κ3) is 4.67.